The summed E-state index contributed by atoms with van der Waals surface area (Å²) in [5.41, 5.74) is 1.49. The Kier molecular flexibility index (Phi) is 2.56. The van der Waals surface area contributed by atoms with Gasteiger partial charge in [-0.3, -0.25) is 0 Å². The van der Waals surface area contributed by atoms with Gasteiger partial charge in [-0.25, -0.2) is 0 Å². The van der Waals surface area contributed by atoms with Gasteiger partial charge in [0.15, 0.2) is 0 Å². The fourth-order valence-electron chi connectivity index (χ4n) is 3.35. The van der Waals surface area contributed by atoms with E-state index in [1.54, 1.807) is 0 Å². The summed E-state index contributed by atoms with van der Waals surface area (Å²) in [7, 11) is 2.25. The Morgan fingerprint density at radius 1 is 1.12 bits per heavy atom. The molecule has 0 saturated carbocycles. The van der Waals surface area contributed by atoms with Crippen LogP contribution in [0.4, 0.5) is 0 Å². The molecule has 0 spiro atoms. The molecule has 0 amide bonds. The van der Waals surface area contributed by atoms with E-state index in [1.807, 2.05) is 0 Å². The monoisotopic (exact) mass is 213 g/mol. The molecule has 1 aromatic carbocycles. The van der Waals surface area contributed by atoms with Crippen LogP contribution in [0.1, 0.15) is 17.9 Å². The first kappa shape index (κ1) is 10.1. The highest BCUT2D eigenvalue weighted by atomic mass is 15.1. The maximum Gasteiger partial charge on any atom is 0.00616 e. The van der Waals surface area contributed by atoms with Crippen molar-refractivity contribution in [1.29, 1.82) is 0 Å². The number of allylic oxidation sites excluding steroid dienone is 2. The zero-order valence-electron chi connectivity index (χ0n) is 9.84. The van der Waals surface area contributed by atoms with E-state index in [-0.39, 0.29) is 0 Å². The van der Waals surface area contributed by atoms with Gasteiger partial charge in [0.05, 0.1) is 0 Å². The average molecular weight is 213 g/mol. The van der Waals surface area contributed by atoms with Crippen LogP contribution in [-0.2, 0) is 0 Å². The van der Waals surface area contributed by atoms with Crippen molar-refractivity contribution in [1.82, 2.24) is 4.90 Å². The Morgan fingerprint density at radius 2 is 1.94 bits per heavy atom. The van der Waals surface area contributed by atoms with Gasteiger partial charge in [0, 0.05) is 19.0 Å². The summed E-state index contributed by atoms with van der Waals surface area (Å²) in [5.74, 6) is 2.35. The molecular weight excluding hydrogens is 194 g/mol. The van der Waals surface area contributed by atoms with Crippen molar-refractivity contribution < 1.29 is 0 Å². The summed E-state index contributed by atoms with van der Waals surface area (Å²) in [4.78, 5) is 2.48. The molecule has 1 heteroatoms. The predicted octanol–water partition coefficient (Wildman–Crippen LogP) is 2.91. The van der Waals surface area contributed by atoms with Crippen LogP contribution in [0.25, 0.3) is 0 Å². The first-order chi connectivity index (χ1) is 7.84. The van der Waals surface area contributed by atoms with Crippen LogP contribution in [0.3, 0.4) is 0 Å². The lowest BCUT2D eigenvalue weighted by atomic mass is 9.75. The molecule has 0 bridgehead atoms. The van der Waals surface area contributed by atoms with Crippen molar-refractivity contribution in [3.8, 4) is 0 Å². The van der Waals surface area contributed by atoms with Crippen molar-refractivity contribution in [2.45, 2.75) is 12.3 Å². The third-order valence-corrected chi connectivity index (χ3v) is 4.10. The SMILES string of the molecule is CN1C[C@H]2CC=C[C@@H](c3ccccc3)[C@@H]2C1. The minimum absolute atomic E-state index is 0.643. The second kappa shape index (κ2) is 4.06. The highest BCUT2D eigenvalue weighted by Crippen LogP contribution is 2.41. The third-order valence-electron chi connectivity index (χ3n) is 4.10. The van der Waals surface area contributed by atoms with E-state index < -0.39 is 0 Å². The summed E-state index contributed by atoms with van der Waals surface area (Å²) in [6.07, 6.45) is 6.09. The highest BCUT2D eigenvalue weighted by molar-refractivity contribution is 5.27. The summed E-state index contributed by atoms with van der Waals surface area (Å²) >= 11 is 0. The molecule has 84 valence electrons. The van der Waals surface area contributed by atoms with Crippen LogP contribution < -0.4 is 0 Å². The van der Waals surface area contributed by atoms with Crippen LogP contribution in [-0.4, -0.2) is 25.0 Å². The quantitative estimate of drug-likeness (QED) is 0.648. The predicted molar refractivity (Wildman–Crippen MR) is 67.4 cm³/mol. The fourth-order valence-corrected chi connectivity index (χ4v) is 3.35. The van der Waals surface area contributed by atoms with E-state index in [9.17, 15) is 0 Å². The second-order valence-corrected chi connectivity index (χ2v) is 5.25. The lowest BCUT2D eigenvalue weighted by molar-refractivity contribution is 0.368. The Bertz CT molecular complexity index is 382. The van der Waals surface area contributed by atoms with E-state index in [4.69, 9.17) is 0 Å². The van der Waals surface area contributed by atoms with Crippen LogP contribution in [0.5, 0.6) is 0 Å². The molecule has 1 heterocycles. The first-order valence-electron chi connectivity index (χ1n) is 6.25. The van der Waals surface area contributed by atoms with E-state index in [0.29, 0.717) is 5.92 Å². The fraction of sp³-hybridized carbons (Fsp3) is 0.467. The van der Waals surface area contributed by atoms with Gasteiger partial charge in [0.25, 0.3) is 0 Å². The second-order valence-electron chi connectivity index (χ2n) is 5.25. The van der Waals surface area contributed by atoms with Crippen LogP contribution >= 0.6 is 0 Å². The molecule has 1 aliphatic carbocycles. The number of likely N-dealkylation sites (tertiary alicyclic amines) is 1. The van der Waals surface area contributed by atoms with Crippen molar-refractivity contribution in [2.75, 3.05) is 20.1 Å². The number of fused-ring (bicyclic) bond motifs is 1. The minimum Gasteiger partial charge on any atom is -0.306 e. The summed E-state index contributed by atoms with van der Waals surface area (Å²) in [6, 6.07) is 11.0. The van der Waals surface area contributed by atoms with Gasteiger partial charge in [0.1, 0.15) is 0 Å². The number of hydrogen-bond acceptors (Lipinski definition) is 1. The maximum atomic E-state index is 2.48. The van der Waals surface area contributed by atoms with E-state index in [1.165, 1.54) is 25.1 Å². The largest absolute Gasteiger partial charge is 0.306 e. The molecule has 16 heavy (non-hydrogen) atoms. The number of benzene rings is 1. The van der Waals surface area contributed by atoms with Crippen LogP contribution in [0, 0.1) is 11.8 Å². The standard InChI is InChI=1S/C15H19N/c1-16-10-13-8-5-9-14(15(13)11-16)12-6-3-2-4-7-12/h2-7,9,13-15H,8,10-11H2,1H3/t13-,14+,15-/m1/s1. The Hall–Kier alpha value is -1.08. The molecular formula is C15H19N. The van der Waals surface area contributed by atoms with Crippen molar-refractivity contribution in [2.24, 2.45) is 11.8 Å². The molecule has 0 N–H and O–H groups in total. The van der Waals surface area contributed by atoms with E-state index >= 15 is 0 Å². The van der Waals surface area contributed by atoms with Gasteiger partial charge in [-0.05, 0) is 30.9 Å². The van der Waals surface area contributed by atoms with Gasteiger partial charge >= 0.3 is 0 Å². The number of nitrogens with zero attached hydrogens (tertiary/aromatic N) is 1. The van der Waals surface area contributed by atoms with E-state index in [2.05, 4.69) is 54.4 Å². The van der Waals surface area contributed by atoms with Crippen LogP contribution in [0.15, 0.2) is 42.5 Å². The normalized spacial score (nSPS) is 33.9. The summed E-state index contributed by atoms with van der Waals surface area (Å²) in [6.45, 7) is 2.53. The van der Waals surface area contributed by atoms with Crippen molar-refractivity contribution in [3.63, 3.8) is 0 Å². The zero-order chi connectivity index (χ0) is 11.0. The Balaban J connectivity index is 1.90. The minimum atomic E-state index is 0.643. The van der Waals surface area contributed by atoms with Gasteiger partial charge in [-0.1, -0.05) is 42.5 Å². The van der Waals surface area contributed by atoms with Gasteiger partial charge in [0.2, 0.25) is 0 Å². The molecule has 1 aliphatic heterocycles. The third kappa shape index (κ3) is 1.69. The number of hydrogen-bond donors (Lipinski definition) is 0. The Morgan fingerprint density at radius 3 is 2.75 bits per heavy atom. The zero-order valence-corrected chi connectivity index (χ0v) is 9.84. The van der Waals surface area contributed by atoms with Gasteiger partial charge < -0.3 is 4.90 Å². The average Bonchev–Trinajstić information content (AvgIpc) is 2.70. The van der Waals surface area contributed by atoms with Gasteiger partial charge in [-0.15, -0.1) is 0 Å². The van der Waals surface area contributed by atoms with E-state index in [0.717, 1.165) is 11.8 Å². The Labute approximate surface area is 97.8 Å². The lowest BCUT2D eigenvalue weighted by Gasteiger charge is -2.29. The molecule has 3 atom stereocenters. The maximum absolute atomic E-state index is 2.48. The molecule has 0 unspecified atom stereocenters. The van der Waals surface area contributed by atoms with Crippen LogP contribution in [0.2, 0.25) is 0 Å². The molecule has 0 aromatic heterocycles. The van der Waals surface area contributed by atoms with Crippen molar-refractivity contribution in [3.05, 3.63) is 48.0 Å². The molecule has 0 radical (unpaired) electrons. The molecule has 1 nitrogen and oxygen atoms in total. The van der Waals surface area contributed by atoms with Crippen molar-refractivity contribution >= 4 is 0 Å². The lowest BCUT2D eigenvalue weighted by Crippen LogP contribution is -2.22. The molecule has 2 aliphatic rings. The summed E-state index contributed by atoms with van der Waals surface area (Å²) in [5, 5.41) is 0. The smallest absolute Gasteiger partial charge is 0.00616 e. The molecule has 3 rings (SSSR count). The van der Waals surface area contributed by atoms with Gasteiger partial charge in [-0.2, -0.15) is 0 Å². The number of rotatable bonds is 1. The summed E-state index contributed by atoms with van der Waals surface area (Å²) < 4.78 is 0. The highest BCUT2D eigenvalue weighted by Gasteiger charge is 2.37. The first-order valence-corrected chi connectivity index (χ1v) is 6.25. The molecule has 1 fully saturated rings. The topological polar surface area (TPSA) is 3.24 Å². The molecule has 1 aromatic rings. The molecule has 1 saturated heterocycles.